The smallest absolute Gasteiger partial charge is 0.165 e. The van der Waals surface area contributed by atoms with E-state index in [0.717, 1.165) is 31.8 Å². The quantitative estimate of drug-likeness (QED) is 0.864. The molecule has 106 valence electrons. The minimum atomic E-state index is -0.231. The van der Waals surface area contributed by atoms with Gasteiger partial charge < -0.3 is 5.11 Å². The molecule has 0 spiro atoms. The van der Waals surface area contributed by atoms with E-state index in [1.165, 1.54) is 25.7 Å². The van der Waals surface area contributed by atoms with E-state index in [-0.39, 0.29) is 12.1 Å². The Bertz CT molecular complexity index is 417. The molecule has 1 saturated carbocycles. The number of rotatable bonds is 5. The average Bonchev–Trinajstić information content (AvgIpc) is 3.19. The molecule has 0 radical (unpaired) electrons. The van der Waals surface area contributed by atoms with Gasteiger partial charge in [0, 0.05) is 6.04 Å². The van der Waals surface area contributed by atoms with Crippen molar-refractivity contribution in [1.82, 2.24) is 25.1 Å². The van der Waals surface area contributed by atoms with Gasteiger partial charge in [-0.15, -0.1) is 5.10 Å². The summed E-state index contributed by atoms with van der Waals surface area (Å²) in [4.78, 5) is 2.36. The van der Waals surface area contributed by atoms with Crippen molar-refractivity contribution in [2.75, 3.05) is 6.54 Å². The second kappa shape index (κ2) is 5.54. The van der Waals surface area contributed by atoms with E-state index in [1.807, 2.05) is 11.6 Å². The van der Waals surface area contributed by atoms with E-state index in [0.29, 0.717) is 6.04 Å². The van der Waals surface area contributed by atoms with Gasteiger partial charge in [-0.2, -0.15) is 0 Å². The largest absolute Gasteiger partial charge is 0.392 e. The molecule has 6 heteroatoms. The number of aliphatic hydroxyl groups is 1. The molecule has 1 aromatic rings. The van der Waals surface area contributed by atoms with Crippen molar-refractivity contribution in [3.63, 3.8) is 0 Å². The molecule has 1 aromatic heterocycles. The van der Waals surface area contributed by atoms with E-state index in [2.05, 4.69) is 20.4 Å². The molecule has 1 aliphatic carbocycles. The molecule has 1 saturated heterocycles. The zero-order chi connectivity index (χ0) is 13.2. The van der Waals surface area contributed by atoms with Crippen molar-refractivity contribution in [2.24, 2.45) is 0 Å². The van der Waals surface area contributed by atoms with Gasteiger partial charge in [-0.3, -0.25) is 4.90 Å². The van der Waals surface area contributed by atoms with E-state index < -0.39 is 0 Å². The lowest BCUT2D eigenvalue weighted by Crippen LogP contribution is -2.46. The summed E-state index contributed by atoms with van der Waals surface area (Å²) in [7, 11) is 0. The summed E-state index contributed by atoms with van der Waals surface area (Å²) in [5, 5.41) is 22.3. The number of hydrogen-bond donors (Lipinski definition) is 1. The summed E-state index contributed by atoms with van der Waals surface area (Å²) in [6.45, 7) is 3.86. The molecular formula is C13H23N5O. The van der Waals surface area contributed by atoms with E-state index >= 15 is 0 Å². The minimum absolute atomic E-state index is 0.231. The minimum Gasteiger partial charge on any atom is -0.392 e. The van der Waals surface area contributed by atoms with Gasteiger partial charge in [0.05, 0.1) is 18.7 Å². The van der Waals surface area contributed by atoms with Crippen molar-refractivity contribution in [3.8, 4) is 0 Å². The van der Waals surface area contributed by atoms with E-state index in [9.17, 15) is 5.11 Å². The summed E-state index contributed by atoms with van der Waals surface area (Å²) in [5.74, 6) is 0.956. The van der Waals surface area contributed by atoms with Gasteiger partial charge in [-0.25, -0.2) is 4.68 Å². The number of aromatic nitrogens is 4. The Labute approximate surface area is 113 Å². The Morgan fingerprint density at radius 2 is 2.16 bits per heavy atom. The molecule has 2 heterocycles. The Hall–Kier alpha value is -1.01. The van der Waals surface area contributed by atoms with Gasteiger partial charge in [0.2, 0.25) is 0 Å². The van der Waals surface area contributed by atoms with Gasteiger partial charge in [0.1, 0.15) is 0 Å². The van der Waals surface area contributed by atoms with Crippen LogP contribution >= 0.6 is 0 Å². The number of piperidine rings is 1. The maximum atomic E-state index is 10.2. The number of aliphatic hydroxyl groups excluding tert-OH is 1. The zero-order valence-electron chi connectivity index (χ0n) is 11.6. The van der Waals surface area contributed by atoms with Crippen LogP contribution in [0.25, 0.3) is 0 Å². The van der Waals surface area contributed by atoms with Crippen LogP contribution in [0.1, 0.15) is 57.3 Å². The van der Waals surface area contributed by atoms with Crippen LogP contribution in [0.4, 0.5) is 0 Å². The van der Waals surface area contributed by atoms with Crippen molar-refractivity contribution < 1.29 is 5.11 Å². The SMILES string of the molecule is CCC(O)C1CCCCN1Cc1nnnn1C1CC1. The van der Waals surface area contributed by atoms with Crippen molar-refractivity contribution in [3.05, 3.63) is 5.82 Å². The molecule has 0 amide bonds. The van der Waals surface area contributed by atoms with Crippen LogP contribution in [-0.2, 0) is 6.54 Å². The fourth-order valence-corrected chi connectivity index (χ4v) is 3.02. The molecule has 19 heavy (non-hydrogen) atoms. The molecule has 3 rings (SSSR count). The number of tetrazole rings is 1. The number of nitrogens with zero attached hydrogens (tertiary/aromatic N) is 5. The highest BCUT2D eigenvalue weighted by molar-refractivity contribution is 4.93. The van der Waals surface area contributed by atoms with Crippen LogP contribution < -0.4 is 0 Å². The molecular weight excluding hydrogens is 242 g/mol. The molecule has 1 aliphatic heterocycles. The summed E-state index contributed by atoms with van der Waals surface area (Å²) < 4.78 is 1.98. The molecule has 0 aromatic carbocycles. The third-order valence-corrected chi connectivity index (χ3v) is 4.32. The van der Waals surface area contributed by atoms with Crippen molar-refractivity contribution in [2.45, 2.75) is 70.2 Å². The molecule has 0 bridgehead atoms. The van der Waals surface area contributed by atoms with Crippen molar-refractivity contribution >= 4 is 0 Å². The first-order valence-electron chi connectivity index (χ1n) is 7.48. The predicted octanol–water partition coefficient (Wildman–Crippen LogP) is 1.13. The molecule has 2 atom stereocenters. The van der Waals surface area contributed by atoms with Gasteiger partial charge >= 0.3 is 0 Å². The van der Waals surface area contributed by atoms with Gasteiger partial charge in [0.15, 0.2) is 5.82 Å². The average molecular weight is 265 g/mol. The molecule has 6 nitrogen and oxygen atoms in total. The third kappa shape index (κ3) is 2.79. The second-order valence-electron chi connectivity index (χ2n) is 5.78. The first-order valence-corrected chi connectivity index (χ1v) is 7.48. The number of likely N-dealkylation sites (tertiary alicyclic amines) is 1. The maximum absolute atomic E-state index is 10.2. The fraction of sp³-hybridized carbons (Fsp3) is 0.923. The van der Waals surface area contributed by atoms with Crippen LogP contribution in [-0.4, -0.2) is 48.9 Å². The van der Waals surface area contributed by atoms with Crippen molar-refractivity contribution in [1.29, 1.82) is 0 Å². The molecule has 2 fully saturated rings. The van der Waals surface area contributed by atoms with E-state index in [1.54, 1.807) is 0 Å². The zero-order valence-corrected chi connectivity index (χ0v) is 11.6. The fourth-order valence-electron chi connectivity index (χ4n) is 3.02. The topological polar surface area (TPSA) is 67.1 Å². The highest BCUT2D eigenvalue weighted by Crippen LogP contribution is 2.35. The van der Waals surface area contributed by atoms with Crippen LogP contribution in [0.15, 0.2) is 0 Å². The maximum Gasteiger partial charge on any atom is 0.165 e. The Morgan fingerprint density at radius 3 is 2.89 bits per heavy atom. The van der Waals surface area contributed by atoms with E-state index in [4.69, 9.17) is 0 Å². The lowest BCUT2D eigenvalue weighted by molar-refractivity contribution is 0.0175. The second-order valence-corrected chi connectivity index (χ2v) is 5.78. The number of hydrogen-bond acceptors (Lipinski definition) is 5. The third-order valence-electron chi connectivity index (χ3n) is 4.32. The summed E-state index contributed by atoms with van der Waals surface area (Å²) in [5.41, 5.74) is 0. The summed E-state index contributed by atoms with van der Waals surface area (Å²) in [6, 6.07) is 0.785. The Balaban J connectivity index is 1.70. The van der Waals surface area contributed by atoms with Gasteiger partial charge in [-0.05, 0) is 49.1 Å². The molecule has 1 N–H and O–H groups in total. The summed E-state index contributed by atoms with van der Waals surface area (Å²) >= 11 is 0. The Morgan fingerprint density at radius 1 is 1.32 bits per heavy atom. The summed E-state index contributed by atoms with van der Waals surface area (Å²) in [6.07, 6.45) is 6.47. The van der Waals surface area contributed by atoms with Crippen LogP contribution in [0.2, 0.25) is 0 Å². The lowest BCUT2D eigenvalue weighted by atomic mass is 9.96. The van der Waals surface area contributed by atoms with Gasteiger partial charge in [-0.1, -0.05) is 13.3 Å². The first-order chi connectivity index (χ1) is 9.29. The van der Waals surface area contributed by atoms with Crippen LogP contribution in [0.5, 0.6) is 0 Å². The molecule has 2 unspecified atom stereocenters. The monoisotopic (exact) mass is 265 g/mol. The normalized spacial score (nSPS) is 26.5. The predicted molar refractivity (Wildman–Crippen MR) is 70.4 cm³/mol. The standard InChI is InChI=1S/C13H23N5O/c1-2-12(19)11-5-3-4-8-17(11)9-13-14-15-16-18(13)10-6-7-10/h10-12,19H,2-9H2,1H3. The first kappa shape index (κ1) is 13.0. The lowest BCUT2D eigenvalue weighted by Gasteiger charge is -2.37. The van der Waals surface area contributed by atoms with Crippen LogP contribution in [0, 0.1) is 0 Å². The highest BCUT2D eigenvalue weighted by Gasteiger charge is 2.32. The Kier molecular flexibility index (Phi) is 3.79. The molecule has 2 aliphatic rings. The highest BCUT2D eigenvalue weighted by atomic mass is 16.3. The van der Waals surface area contributed by atoms with Crippen LogP contribution in [0.3, 0.4) is 0 Å². The van der Waals surface area contributed by atoms with Gasteiger partial charge in [0.25, 0.3) is 0 Å².